The van der Waals surface area contributed by atoms with Gasteiger partial charge in [0.1, 0.15) is 6.10 Å². The van der Waals surface area contributed by atoms with Gasteiger partial charge in [0.25, 0.3) is 0 Å². The Morgan fingerprint density at radius 2 is 2.33 bits per heavy atom. The van der Waals surface area contributed by atoms with E-state index in [1.54, 1.807) is 0 Å². The van der Waals surface area contributed by atoms with Crippen molar-refractivity contribution in [1.29, 1.82) is 0 Å². The van der Waals surface area contributed by atoms with Crippen LogP contribution >= 0.6 is 11.3 Å². The Labute approximate surface area is 114 Å². The van der Waals surface area contributed by atoms with Crippen LogP contribution < -0.4 is 5.32 Å². The molecule has 1 aliphatic heterocycles. The van der Waals surface area contributed by atoms with Gasteiger partial charge in [0.05, 0.1) is 6.61 Å². The molecule has 3 unspecified atom stereocenters. The monoisotopic (exact) mass is 265 g/mol. The molecule has 1 N–H and O–H groups in total. The van der Waals surface area contributed by atoms with Crippen LogP contribution in [0.1, 0.15) is 48.5 Å². The lowest BCUT2D eigenvalue weighted by molar-refractivity contribution is -0.0512. The molecular formula is C15H23NOS. The summed E-state index contributed by atoms with van der Waals surface area (Å²) in [6, 6.07) is 4.41. The summed E-state index contributed by atoms with van der Waals surface area (Å²) in [5.74, 6) is 0.843. The SMILES string of the molecule is Cc1ccc(C2CNC3(CCCC(C)C3)CO2)s1. The van der Waals surface area contributed by atoms with Crippen molar-refractivity contribution >= 4 is 11.3 Å². The summed E-state index contributed by atoms with van der Waals surface area (Å²) in [4.78, 5) is 2.75. The molecule has 2 nitrogen and oxygen atoms in total. The molecule has 3 heteroatoms. The van der Waals surface area contributed by atoms with Gasteiger partial charge in [-0.25, -0.2) is 0 Å². The van der Waals surface area contributed by atoms with Gasteiger partial charge in [-0.15, -0.1) is 11.3 Å². The summed E-state index contributed by atoms with van der Waals surface area (Å²) in [6.07, 6.45) is 5.57. The second kappa shape index (κ2) is 4.95. The molecule has 2 heterocycles. The zero-order chi connectivity index (χ0) is 12.6. The smallest absolute Gasteiger partial charge is 0.104 e. The summed E-state index contributed by atoms with van der Waals surface area (Å²) in [5.41, 5.74) is 0.278. The standard InChI is InChI=1S/C15H23NOS/c1-11-4-3-7-15(8-11)10-17-13(9-16-15)14-6-5-12(2)18-14/h5-6,11,13,16H,3-4,7-10H2,1-2H3. The lowest BCUT2D eigenvalue weighted by atomic mass is 9.76. The van der Waals surface area contributed by atoms with Crippen LogP contribution in [0.2, 0.25) is 0 Å². The maximum atomic E-state index is 6.17. The average Bonchev–Trinajstić information content (AvgIpc) is 2.77. The van der Waals surface area contributed by atoms with E-state index in [0.717, 1.165) is 19.1 Å². The van der Waals surface area contributed by atoms with Crippen molar-refractivity contribution in [3.05, 3.63) is 21.9 Å². The minimum atomic E-state index is 0.270. The largest absolute Gasteiger partial charge is 0.369 e. The Balaban J connectivity index is 1.64. The second-order valence-electron chi connectivity index (χ2n) is 6.11. The number of nitrogens with one attached hydrogen (secondary N) is 1. The Morgan fingerprint density at radius 3 is 2.94 bits per heavy atom. The zero-order valence-electron chi connectivity index (χ0n) is 11.4. The molecule has 3 atom stereocenters. The van der Waals surface area contributed by atoms with Gasteiger partial charge in [-0.2, -0.15) is 0 Å². The fourth-order valence-electron chi connectivity index (χ4n) is 3.44. The van der Waals surface area contributed by atoms with E-state index in [1.165, 1.54) is 35.4 Å². The summed E-state index contributed by atoms with van der Waals surface area (Å²) in [5, 5.41) is 3.80. The number of ether oxygens (including phenoxy) is 1. The third kappa shape index (κ3) is 2.49. The Bertz CT molecular complexity index is 406. The topological polar surface area (TPSA) is 21.3 Å². The maximum Gasteiger partial charge on any atom is 0.104 e. The van der Waals surface area contributed by atoms with Crippen molar-refractivity contribution in [3.63, 3.8) is 0 Å². The van der Waals surface area contributed by atoms with Gasteiger partial charge in [-0.3, -0.25) is 0 Å². The van der Waals surface area contributed by atoms with Crippen molar-refractivity contribution in [1.82, 2.24) is 5.32 Å². The molecular weight excluding hydrogens is 242 g/mol. The number of hydrogen-bond acceptors (Lipinski definition) is 3. The van der Waals surface area contributed by atoms with Gasteiger partial charge in [0.2, 0.25) is 0 Å². The van der Waals surface area contributed by atoms with Crippen molar-refractivity contribution in [3.8, 4) is 0 Å². The van der Waals surface area contributed by atoms with Gasteiger partial charge < -0.3 is 10.1 Å². The zero-order valence-corrected chi connectivity index (χ0v) is 12.2. The van der Waals surface area contributed by atoms with Gasteiger partial charge in [-0.05, 0) is 37.8 Å². The van der Waals surface area contributed by atoms with Crippen LogP contribution in [-0.2, 0) is 4.74 Å². The number of hydrogen-bond donors (Lipinski definition) is 1. The maximum absolute atomic E-state index is 6.17. The van der Waals surface area contributed by atoms with E-state index >= 15 is 0 Å². The molecule has 1 aliphatic carbocycles. The molecule has 1 aromatic rings. The van der Waals surface area contributed by atoms with E-state index in [4.69, 9.17) is 4.74 Å². The lowest BCUT2D eigenvalue weighted by Crippen LogP contribution is -2.56. The van der Waals surface area contributed by atoms with E-state index in [-0.39, 0.29) is 11.6 Å². The summed E-state index contributed by atoms with van der Waals surface area (Å²) >= 11 is 1.86. The van der Waals surface area contributed by atoms with E-state index in [9.17, 15) is 0 Å². The third-order valence-corrected chi connectivity index (χ3v) is 5.49. The van der Waals surface area contributed by atoms with Gasteiger partial charge in [0, 0.05) is 21.8 Å². The highest BCUT2D eigenvalue weighted by Crippen LogP contribution is 2.37. The Morgan fingerprint density at radius 1 is 1.44 bits per heavy atom. The molecule has 18 heavy (non-hydrogen) atoms. The first kappa shape index (κ1) is 12.6. The molecule has 0 bridgehead atoms. The number of aryl methyl sites for hydroxylation is 1. The van der Waals surface area contributed by atoms with E-state index < -0.39 is 0 Å². The molecule has 0 radical (unpaired) electrons. The number of thiophene rings is 1. The molecule has 0 amide bonds. The lowest BCUT2D eigenvalue weighted by Gasteiger charge is -2.45. The molecule has 2 fully saturated rings. The van der Waals surface area contributed by atoms with Crippen LogP contribution in [-0.4, -0.2) is 18.7 Å². The Hall–Kier alpha value is -0.380. The van der Waals surface area contributed by atoms with Gasteiger partial charge in [-0.1, -0.05) is 19.8 Å². The quantitative estimate of drug-likeness (QED) is 0.836. The van der Waals surface area contributed by atoms with Crippen LogP contribution in [0.4, 0.5) is 0 Å². The third-order valence-electron chi connectivity index (χ3n) is 4.39. The summed E-state index contributed by atoms with van der Waals surface area (Å²) in [7, 11) is 0. The summed E-state index contributed by atoms with van der Waals surface area (Å²) in [6.45, 7) is 6.40. The highest BCUT2D eigenvalue weighted by Gasteiger charge is 2.39. The number of morpholine rings is 1. The molecule has 1 saturated carbocycles. The molecule has 1 spiro atoms. The Kier molecular flexibility index (Phi) is 3.48. The molecule has 1 saturated heterocycles. The van der Waals surface area contributed by atoms with E-state index in [0.29, 0.717) is 0 Å². The molecule has 100 valence electrons. The normalized spacial score (nSPS) is 37.0. The first-order valence-electron chi connectivity index (χ1n) is 7.10. The molecule has 1 aromatic heterocycles. The van der Waals surface area contributed by atoms with Gasteiger partial charge in [0.15, 0.2) is 0 Å². The summed E-state index contributed by atoms with van der Waals surface area (Å²) < 4.78 is 6.17. The molecule has 2 aliphatic rings. The van der Waals surface area contributed by atoms with Crippen LogP contribution in [0.15, 0.2) is 12.1 Å². The van der Waals surface area contributed by atoms with Crippen molar-refractivity contribution < 1.29 is 4.74 Å². The first-order chi connectivity index (χ1) is 8.67. The van der Waals surface area contributed by atoms with Crippen molar-refractivity contribution in [2.75, 3.05) is 13.2 Å². The van der Waals surface area contributed by atoms with Crippen molar-refractivity contribution in [2.45, 2.75) is 51.2 Å². The highest BCUT2D eigenvalue weighted by atomic mass is 32.1. The van der Waals surface area contributed by atoms with Crippen LogP contribution in [0, 0.1) is 12.8 Å². The van der Waals surface area contributed by atoms with E-state index in [1.807, 2.05) is 11.3 Å². The predicted molar refractivity (Wildman–Crippen MR) is 76.1 cm³/mol. The van der Waals surface area contributed by atoms with E-state index in [2.05, 4.69) is 31.3 Å². The first-order valence-corrected chi connectivity index (χ1v) is 7.91. The number of rotatable bonds is 1. The fourth-order valence-corrected chi connectivity index (χ4v) is 4.37. The highest BCUT2D eigenvalue weighted by molar-refractivity contribution is 7.12. The minimum Gasteiger partial charge on any atom is -0.369 e. The molecule has 0 aromatic carbocycles. The second-order valence-corrected chi connectivity index (χ2v) is 7.43. The predicted octanol–water partition coefficient (Wildman–Crippen LogP) is 3.67. The minimum absolute atomic E-state index is 0.270. The van der Waals surface area contributed by atoms with Crippen LogP contribution in [0.25, 0.3) is 0 Å². The molecule has 3 rings (SSSR count). The van der Waals surface area contributed by atoms with Gasteiger partial charge >= 0.3 is 0 Å². The fraction of sp³-hybridized carbons (Fsp3) is 0.733. The van der Waals surface area contributed by atoms with Crippen LogP contribution in [0.5, 0.6) is 0 Å². The van der Waals surface area contributed by atoms with Crippen LogP contribution in [0.3, 0.4) is 0 Å². The average molecular weight is 265 g/mol. The van der Waals surface area contributed by atoms with Crippen molar-refractivity contribution in [2.24, 2.45) is 5.92 Å².